The van der Waals surface area contributed by atoms with Crippen LogP contribution in [0.25, 0.3) is 0 Å². The average molecular weight is 532 g/mol. The first-order valence-electron chi connectivity index (χ1n) is 12.5. The Morgan fingerprint density at radius 1 is 0.611 bits per heavy atom. The topological polar surface area (TPSA) is 103 Å². The van der Waals surface area contributed by atoms with E-state index in [4.69, 9.17) is 37.6 Å². The van der Waals surface area contributed by atoms with E-state index in [1.165, 1.54) is 6.92 Å². The fraction of sp³-hybridized carbons (Fsp3) is 0.720. The number of nitrogens with one attached hydrogen (secondary N) is 1. The van der Waals surface area contributed by atoms with Crippen LogP contribution < -0.4 is 10.1 Å². The normalized spacial score (nSPS) is 11.6. The van der Waals surface area contributed by atoms with Crippen molar-refractivity contribution in [1.82, 2.24) is 0 Å². The van der Waals surface area contributed by atoms with Crippen LogP contribution in [0.5, 0.6) is 5.75 Å². The van der Waals surface area contributed by atoms with Crippen molar-refractivity contribution in [2.75, 3.05) is 97.8 Å². The molecule has 0 aliphatic heterocycles. The summed E-state index contributed by atoms with van der Waals surface area (Å²) in [6.07, 6.45) is 0. The number of hydrogen-bond donors (Lipinski definition) is 1. The first-order valence-corrected chi connectivity index (χ1v) is 15.9. The van der Waals surface area contributed by atoms with E-state index in [1.54, 1.807) is 24.3 Å². The van der Waals surface area contributed by atoms with Crippen molar-refractivity contribution in [3.05, 3.63) is 24.3 Å². The number of anilines is 1. The summed E-state index contributed by atoms with van der Waals surface area (Å²) < 4.78 is 44.1. The van der Waals surface area contributed by atoms with Gasteiger partial charge in [-0.3, -0.25) is 4.79 Å². The highest BCUT2D eigenvalue weighted by molar-refractivity contribution is 6.69. The van der Waals surface area contributed by atoms with E-state index < -0.39 is 8.32 Å². The first-order chi connectivity index (χ1) is 17.4. The summed E-state index contributed by atoms with van der Waals surface area (Å²) in [5.41, 5.74) is 0.737. The average Bonchev–Trinajstić information content (AvgIpc) is 2.82. The van der Waals surface area contributed by atoms with Crippen molar-refractivity contribution in [1.29, 1.82) is 0 Å². The molecule has 10 nitrogen and oxygen atoms in total. The molecule has 0 saturated carbocycles. The van der Waals surface area contributed by atoms with E-state index in [0.29, 0.717) is 92.5 Å². The molecule has 0 unspecified atom stereocenters. The Morgan fingerprint density at radius 3 is 1.33 bits per heavy atom. The van der Waals surface area contributed by atoms with Gasteiger partial charge in [-0.2, -0.15) is 0 Å². The molecule has 36 heavy (non-hydrogen) atoms. The van der Waals surface area contributed by atoms with Gasteiger partial charge >= 0.3 is 0 Å². The lowest BCUT2D eigenvalue weighted by molar-refractivity contribution is -0.114. The van der Waals surface area contributed by atoms with E-state index in [-0.39, 0.29) is 5.91 Å². The zero-order valence-electron chi connectivity index (χ0n) is 22.4. The number of rotatable bonds is 24. The number of amides is 1. The molecule has 11 heteroatoms. The van der Waals surface area contributed by atoms with Crippen LogP contribution >= 0.6 is 0 Å². The van der Waals surface area contributed by atoms with Crippen LogP contribution in [-0.2, 0) is 37.6 Å². The molecule has 0 spiro atoms. The van der Waals surface area contributed by atoms with Gasteiger partial charge in [0.05, 0.1) is 85.9 Å². The molecule has 0 atom stereocenters. The number of carbonyl (C=O) groups excluding carboxylic acids is 1. The van der Waals surface area contributed by atoms with Crippen molar-refractivity contribution in [2.45, 2.75) is 26.6 Å². The molecule has 1 amide bonds. The highest BCUT2D eigenvalue weighted by Gasteiger charge is 2.13. The maximum Gasteiger partial charge on any atom is 0.221 e. The molecule has 1 N–H and O–H groups in total. The van der Waals surface area contributed by atoms with E-state index >= 15 is 0 Å². The Hall–Kier alpha value is -1.57. The molecule has 0 aliphatic rings. The third-order valence-corrected chi connectivity index (χ3v) is 5.36. The molecule has 1 aromatic carbocycles. The Labute approximate surface area is 216 Å². The minimum atomic E-state index is -1.45. The second-order valence-corrected chi connectivity index (χ2v) is 13.2. The van der Waals surface area contributed by atoms with Gasteiger partial charge in [-0.05, 0) is 43.9 Å². The Balaban J connectivity index is 1.74. The van der Waals surface area contributed by atoms with E-state index in [0.717, 1.165) is 11.4 Å². The number of carbonyl (C=O) groups is 1. The third-order valence-electron chi connectivity index (χ3n) is 4.29. The molecule has 0 heterocycles. The molecule has 1 rings (SSSR count). The summed E-state index contributed by atoms with van der Waals surface area (Å²) in [6.45, 7) is 15.3. The third kappa shape index (κ3) is 21.7. The van der Waals surface area contributed by atoms with Gasteiger partial charge < -0.3 is 42.9 Å². The van der Waals surface area contributed by atoms with Gasteiger partial charge in [0.25, 0.3) is 0 Å². The molecule has 0 radical (unpaired) electrons. The Kier molecular flexibility index (Phi) is 19.4. The predicted octanol–water partition coefficient (Wildman–Crippen LogP) is 2.97. The monoisotopic (exact) mass is 531 g/mol. The lowest BCUT2D eigenvalue weighted by Crippen LogP contribution is -2.27. The van der Waals surface area contributed by atoms with Gasteiger partial charge in [-0.1, -0.05) is 0 Å². The molecule has 1 aromatic rings. The van der Waals surface area contributed by atoms with Crippen molar-refractivity contribution in [2.24, 2.45) is 0 Å². The summed E-state index contributed by atoms with van der Waals surface area (Å²) >= 11 is 0. The summed E-state index contributed by atoms with van der Waals surface area (Å²) in [7, 11) is -1.45. The van der Waals surface area contributed by atoms with Crippen LogP contribution in [-0.4, -0.2) is 107 Å². The smallest absolute Gasteiger partial charge is 0.221 e. The van der Waals surface area contributed by atoms with Crippen molar-refractivity contribution in [3.8, 4) is 5.75 Å². The molecule has 0 bridgehead atoms. The first kappa shape index (κ1) is 32.5. The van der Waals surface area contributed by atoms with Gasteiger partial charge in [-0.25, -0.2) is 0 Å². The standard InChI is InChI=1S/C25H45NO9Si/c1-23(27)26-24-5-7-25(8-6-24)34-21-19-32-17-15-30-13-11-28-9-10-29-12-14-31-16-18-33-20-22-35-36(2,3)4/h5-8H,9-22H2,1-4H3,(H,26,27). The molecule has 0 fully saturated rings. The molecule has 208 valence electrons. The van der Waals surface area contributed by atoms with Crippen molar-refractivity contribution < 1.29 is 42.4 Å². The molecule has 0 aliphatic carbocycles. The zero-order valence-corrected chi connectivity index (χ0v) is 23.4. The number of ether oxygens (including phenoxy) is 7. The molecule has 0 aromatic heterocycles. The van der Waals surface area contributed by atoms with Crippen LogP contribution in [0.1, 0.15) is 6.92 Å². The van der Waals surface area contributed by atoms with Gasteiger partial charge in [0, 0.05) is 12.6 Å². The quantitative estimate of drug-likeness (QED) is 0.159. The van der Waals surface area contributed by atoms with Crippen molar-refractivity contribution >= 4 is 19.9 Å². The van der Waals surface area contributed by atoms with E-state index in [9.17, 15) is 4.79 Å². The van der Waals surface area contributed by atoms with Crippen LogP contribution in [0.2, 0.25) is 19.6 Å². The lowest BCUT2D eigenvalue weighted by atomic mass is 10.3. The molecular weight excluding hydrogens is 486 g/mol. The maximum absolute atomic E-state index is 11.0. The van der Waals surface area contributed by atoms with Gasteiger partial charge in [-0.15, -0.1) is 0 Å². The second-order valence-electron chi connectivity index (χ2n) is 8.69. The fourth-order valence-corrected chi connectivity index (χ4v) is 3.36. The van der Waals surface area contributed by atoms with Crippen LogP contribution in [0.15, 0.2) is 24.3 Å². The van der Waals surface area contributed by atoms with Crippen LogP contribution in [0, 0.1) is 0 Å². The molecule has 0 saturated heterocycles. The van der Waals surface area contributed by atoms with Crippen LogP contribution in [0.3, 0.4) is 0 Å². The zero-order chi connectivity index (χ0) is 26.3. The van der Waals surface area contributed by atoms with Gasteiger partial charge in [0.15, 0.2) is 8.32 Å². The van der Waals surface area contributed by atoms with Gasteiger partial charge in [0.2, 0.25) is 5.91 Å². The van der Waals surface area contributed by atoms with Crippen LogP contribution in [0.4, 0.5) is 5.69 Å². The second kappa shape index (κ2) is 21.5. The highest BCUT2D eigenvalue weighted by atomic mass is 28.4. The number of hydrogen-bond acceptors (Lipinski definition) is 9. The van der Waals surface area contributed by atoms with Crippen molar-refractivity contribution in [3.63, 3.8) is 0 Å². The maximum atomic E-state index is 11.0. The fourth-order valence-electron chi connectivity index (χ4n) is 2.66. The molecular formula is C25H45NO9Si. The largest absolute Gasteiger partial charge is 0.491 e. The SMILES string of the molecule is CC(=O)Nc1ccc(OCCOCCOCCOCCOCCOCCOCCO[Si](C)(C)C)cc1. The van der Waals surface area contributed by atoms with Gasteiger partial charge in [0.1, 0.15) is 12.4 Å². The number of benzene rings is 1. The van der Waals surface area contributed by atoms with E-state index in [2.05, 4.69) is 25.0 Å². The lowest BCUT2D eigenvalue weighted by Gasteiger charge is -2.16. The Bertz CT molecular complexity index is 656. The summed E-state index contributed by atoms with van der Waals surface area (Å²) in [5.74, 6) is 0.621. The minimum absolute atomic E-state index is 0.103. The minimum Gasteiger partial charge on any atom is -0.491 e. The Morgan fingerprint density at radius 2 is 0.972 bits per heavy atom. The summed E-state index contributed by atoms with van der Waals surface area (Å²) in [4.78, 5) is 11.0. The van der Waals surface area contributed by atoms with E-state index in [1.807, 2.05) is 0 Å². The summed E-state index contributed by atoms with van der Waals surface area (Å²) in [6, 6.07) is 7.19. The highest BCUT2D eigenvalue weighted by Crippen LogP contribution is 2.15. The predicted molar refractivity (Wildman–Crippen MR) is 140 cm³/mol. The summed E-state index contributed by atoms with van der Waals surface area (Å²) in [5, 5.41) is 2.71.